The smallest absolute Gasteiger partial charge is 0.257 e. The molecule has 1 N–H and O–H groups in total. The van der Waals surface area contributed by atoms with Gasteiger partial charge in [-0.3, -0.25) is 9.36 Å². The van der Waals surface area contributed by atoms with Gasteiger partial charge in [0, 0.05) is 36.1 Å². The number of thioether (sulfide) groups is 1. The molecule has 2 aromatic rings. The zero-order valence-corrected chi connectivity index (χ0v) is 14.2. The third-order valence-electron chi connectivity index (χ3n) is 3.14. The lowest BCUT2D eigenvalue weighted by Crippen LogP contribution is -2.26. The molecule has 2 heterocycles. The van der Waals surface area contributed by atoms with Crippen molar-refractivity contribution in [2.24, 2.45) is 0 Å². The van der Waals surface area contributed by atoms with Crippen LogP contribution >= 0.6 is 23.8 Å². The zero-order valence-electron chi connectivity index (χ0n) is 12.6. The Labute approximate surface area is 137 Å². The molecule has 2 rings (SSSR count). The summed E-state index contributed by atoms with van der Waals surface area (Å²) >= 11 is 2.22. The van der Waals surface area contributed by atoms with E-state index in [0.717, 1.165) is 17.4 Å². The summed E-state index contributed by atoms with van der Waals surface area (Å²) in [6.45, 7) is 3.24. The molecule has 8 heteroatoms. The van der Waals surface area contributed by atoms with Gasteiger partial charge in [-0.15, -0.1) is 0 Å². The van der Waals surface area contributed by atoms with E-state index in [9.17, 15) is 4.79 Å². The molecule has 120 valence electrons. The normalized spacial score (nSPS) is 11.2. The summed E-state index contributed by atoms with van der Waals surface area (Å²) in [5.74, 6) is 0.574. The van der Waals surface area contributed by atoms with Crippen LogP contribution in [0, 0.1) is 0 Å². The van der Waals surface area contributed by atoms with Crippen LogP contribution in [0.25, 0.3) is 11.0 Å². The van der Waals surface area contributed by atoms with Crippen molar-refractivity contribution < 1.29 is 9.29 Å². The highest BCUT2D eigenvalue weighted by molar-refractivity contribution is 7.98. The Morgan fingerprint density at radius 1 is 1.45 bits per heavy atom. The van der Waals surface area contributed by atoms with Crippen LogP contribution in [0.1, 0.15) is 18.9 Å². The topological polar surface area (TPSA) is 77.2 Å². The minimum Gasteiger partial charge on any atom is -0.377 e. The van der Waals surface area contributed by atoms with Crippen molar-refractivity contribution in [3.05, 3.63) is 28.2 Å². The third kappa shape index (κ3) is 4.01. The molecule has 22 heavy (non-hydrogen) atoms. The van der Waals surface area contributed by atoms with Crippen molar-refractivity contribution in [1.29, 1.82) is 0 Å². The number of aromatic nitrogens is 3. The van der Waals surface area contributed by atoms with Crippen molar-refractivity contribution in [3.8, 4) is 0 Å². The van der Waals surface area contributed by atoms with Gasteiger partial charge in [0.2, 0.25) is 0 Å². The van der Waals surface area contributed by atoms with Crippen molar-refractivity contribution in [1.82, 2.24) is 14.5 Å². The number of aryl methyl sites for hydroxylation is 1. The van der Waals surface area contributed by atoms with Gasteiger partial charge in [0.25, 0.3) is 5.56 Å². The molecule has 0 amide bonds. The number of fused-ring (bicyclic) bond motifs is 1. The zero-order chi connectivity index (χ0) is 15.9. The molecule has 0 atom stereocenters. The van der Waals surface area contributed by atoms with E-state index < -0.39 is 0 Å². The number of pyridine rings is 1. The van der Waals surface area contributed by atoms with Crippen molar-refractivity contribution >= 4 is 34.8 Å². The lowest BCUT2D eigenvalue weighted by atomic mass is 10.2. The average molecular weight is 341 g/mol. The van der Waals surface area contributed by atoms with Crippen LogP contribution in [0.2, 0.25) is 0 Å². The molecule has 0 radical (unpaired) electrons. The molecular weight excluding hydrogens is 322 g/mol. The largest absolute Gasteiger partial charge is 0.377 e. The first-order chi connectivity index (χ1) is 10.7. The molecule has 0 fully saturated rings. The standard InChI is InChI=1S/C14H19N3O3S2/c1-3-20-9-11-7-10-8-15-14(21-2)16-12(10)17(13(11)18)5-4-6-22-19/h7-8,19H,3-6,9H2,1-2H3. The predicted molar refractivity (Wildman–Crippen MR) is 90.6 cm³/mol. The quantitative estimate of drug-likeness (QED) is 0.342. The van der Waals surface area contributed by atoms with Crippen molar-refractivity contribution in [3.63, 3.8) is 0 Å². The number of hydrogen-bond acceptors (Lipinski definition) is 7. The monoisotopic (exact) mass is 341 g/mol. The van der Waals surface area contributed by atoms with E-state index in [-0.39, 0.29) is 12.2 Å². The molecule has 0 aliphatic carbocycles. The van der Waals surface area contributed by atoms with Crippen LogP contribution in [0.5, 0.6) is 0 Å². The third-order valence-corrected chi connectivity index (χ3v) is 4.17. The predicted octanol–water partition coefficient (Wildman–Crippen LogP) is 2.65. The van der Waals surface area contributed by atoms with Crippen LogP contribution in [0.15, 0.2) is 22.2 Å². The Balaban J connectivity index is 2.51. The molecule has 0 spiro atoms. The van der Waals surface area contributed by atoms with E-state index in [4.69, 9.17) is 9.29 Å². The molecule has 0 unspecified atom stereocenters. The first kappa shape index (κ1) is 17.3. The average Bonchev–Trinajstić information content (AvgIpc) is 2.55. The summed E-state index contributed by atoms with van der Waals surface area (Å²) < 4.78 is 15.9. The Morgan fingerprint density at radius 3 is 2.95 bits per heavy atom. The highest BCUT2D eigenvalue weighted by atomic mass is 32.2. The summed E-state index contributed by atoms with van der Waals surface area (Å²) in [4.78, 5) is 21.4. The molecular formula is C14H19N3O3S2. The fraction of sp³-hybridized carbons (Fsp3) is 0.500. The van der Waals surface area contributed by atoms with Gasteiger partial charge in [0.1, 0.15) is 5.65 Å². The Hall–Kier alpha value is -1.09. The van der Waals surface area contributed by atoms with Gasteiger partial charge < -0.3 is 9.29 Å². The lowest BCUT2D eigenvalue weighted by Gasteiger charge is -2.12. The van der Waals surface area contributed by atoms with E-state index in [1.807, 2.05) is 13.2 Å². The van der Waals surface area contributed by atoms with Crippen molar-refractivity contribution in [2.45, 2.75) is 31.7 Å². The Morgan fingerprint density at radius 2 is 2.27 bits per heavy atom. The second-order valence-corrected chi connectivity index (χ2v) is 6.03. The van der Waals surface area contributed by atoms with Crippen LogP contribution in [-0.4, -0.2) is 37.7 Å². The van der Waals surface area contributed by atoms with Gasteiger partial charge >= 0.3 is 0 Å². The van der Waals surface area contributed by atoms with Gasteiger partial charge in [-0.1, -0.05) is 11.8 Å². The molecule has 2 aromatic heterocycles. The molecule has 0 bridgehead atoms. The first-order valence-corrected chi connectivity index (χ1v) is 9.15. The fourth-order valence-corrected chi connectivity index (χ4v) is 2.71. The van der Waals surface area contributed by atoms with Gasteiger partial charge in [0.05, 0.1) is 6.61 Å². The highest BCUT2D eigenvalue weighted by Gasteiger charge is 2.12. The van der Waals surface area contributed by atoms with E-state index in [1.54, 1.807) is 16.8 Å². The number of hydrogen-bond donors (Lipinski definition) is 1. The molecule has 0 aromatic carbocycles. The Kier molecular flexibility index (Phi) is 6.69. The maximum atomic E-state index is 12.6. The van der Waals surface area contributed by atoms with Crippen LogP contribution < -0.4 is 5.56 Å². The minimum atomic E-state index is -0.0883. The number of ether oxygens (including phenoxy) is 1. The second-order valence-electron chi connectivity index (χ2n) is 4.59. The Bertz CT molecular complexity index is 691. The van der Waals surface area contributed by atoms with Crippen LogP contribution in [0.4, 0.5) is 0 Å². The van der Waals surface area contributed by atoms with Gasteiger partial charge in [-0.05, 0) is 37.7 Å². The molecule has 6 nitrogen and oxygen atoms in total. The molecule has 0 saturated carbocycles. The minimum absolute atomic E-state index is 0.0883. The lowest BCUT2D eigenvalue weighted by molar-refractivity contribution is 0.133. The second kappa shape index (κ2) is 8.52. The van der Waals surface area contributed by atoms with E-state index >= 15 is 0 Å². The maximum absolute atomic E-state index is 12.6. The summed E-state index contributed by atoms with van der Waals surface area (Å²) in [7, 11) is 0. The van der Waals surface area contributed by atoms with E-state index in [2.05, 4.69) is 9.97 Å². The van der Waals surface area contributed by atoms with E-state index in [1.165, 1.54) is 11.8 Å². The summed E-state index contributed by atoms with van der Waals surface area (Å²) in [5.41, 5.74) is 1.15. The fourth-order valence-electron chi connectivity index (χ4n) is 2.11. The molecule has 0 aliphatic heterocycles. The number of nitrogens with zero attached hydrogens (tertiary/aromatic N) is 3. The highest BCUT2D eigenvalue weighted by Crippen LogP contribution is 2.16. The summed E-state index contributed by atoms with van der Waals surface area (Å²) in [6, 6.07) is 1.80. The van der Waals surface area contributed by atoms with Gasteiger partial charge in [0.15, 0.2) is 5.16 Å². The number of rotatable bonds is 8. The summed E-state index contributed by atoms with van der Waals surface area (Å²) in [6.07, 6.45) is 4.32. The first-order valence-electron chi connectivity index (χ1n) is 6.98. The van der Waals surface area contributed by atoms with Gasteiger partial charge in [-0.25, -0.2) is 9.97 Å². The maximum Gasteiger partial charge on any atom is 0.257 e. The summed E-state index contributed by atoms with van der Waals surface area (Å²) in [5, 5.41) is 1.46. The van der Waals surface area contributed by atoms with Gasteiger partial charge in [-0.2, -0.15) is 0 Å². The van der Waals surface area contributed by atoms with Crippen molar-refractivity contribution in [2.75, 3.05) is 18.6 Å². The SMILES string of the molecule is CCOCc1cc2cnc(SC)nc2n(CCCSO)c1=O. The van der Waals surface area contributed by atoms with Crippen LogP contribution in [0.3, 0.4) is 0 Å². The molecule has 0 aliphatic rings. The van der Waals surface area contributed by atoms with Crippen LogP contribution in [-0.2, 0) is 17.9 Å². The molecule has 0 saturated heterocycles. The van der Waals surface area contributed by atoms with E-state index in [0.29, 0.717) is 41.7 Å².